The van der Waals surface area contributed by atoms with Gasteiger partial charge in [0.25, 0.3) is 5.43 Å². The minimum Gasteiger partial charge on any atom is -0.503 e. The van der Waals surface area contributed by atoms with E-state index in [1.165, 1.54) is 4.68 Å². The highest BCUT2D eigenvalue weighted by molar-refractivity contribution is 5.85. The van der Waals surface area contributed by atoms with Gasteiger partial charge in [-0.15, -0.1) is 0 Å². The van der Waals surface area contributed by atoms with Crippen LogP contribution < -0.4 is 5.43 Å². The van der Waals surface area contributed by atoms with E-state index in [-0.39, 0.29) is 0 Å². The van der Waals surface area contributed by atoms with E-state index in [4.69, 9.17) is 5.11 Å². The lowest BCUT2D eigenvalue weighted by molar-refractivity contribution is 0.0686. The maximum Gasteiger partial charge on any atom is 0.360 e. The Balaban J connectivity index is 2.29. The van der Waals surface area contributed by atoms with Gasteiger partial charge in [0, 0.05) is 5.56 Å². The number of hydrogen-bond donors (Lipinski definition) is 2. The zero-order valence-electron chi connectivity index (χ0n) is 13.7. The number of rotatable bonds is 3. The number of aromatic nitrogens is 2. The summed E-state index contributed by atoms with van der Waals surface area (Å²) in [5, 5.41) is 22.8. The molecule has 2 N–H and O–H groups in total. The van der Waals surface area contributed by atoms with E-state index in [9.17, 15) is 14.7 Å². The summed E-state index contributed by atoms with van der Waals surface area (Å²) in [6.07, 6.45) is 1.12. The summed E-state index contributed by atoms with van der Waals surface area (Å²) in [6, 6.07) is 13.2. The van der Waals surface area contributed by atoms with E-state index in [1.54, 1.807) is 12.1 Å². The van der Waals surface area contributed by atoms with Crippen molar-refractivity contribution < 1.29 is 15.0 Å². The summed E-state index contributed by atoms with van der Waals surface area (Å²) < 4.78 is 1.22. The minimum atomic E-state index is -1.49. The first-order valence-electron chi connectivity index (χ1n) is 7.62. The Morgan fingerprint density at radius 3 is 2.44 bits per heavy atom. The van der Waals surface area contributed by atoms with E-state index in [0.717, 1.165) is 28.5 Å². The smallest absolute Gasteiger partial charge is 0.360 e. The predicted molar refractivity (Wildman–Crippen MR) is 93.4 cm³/mol. The summed E-state index contributed by atoms with van der Waals surface area (Å²) in [4.78, 5) is 23.0. The molecule has 0 radical (unpaired) electrons. The van der Waals surface area contributed by atoms with Crippen LogP contribution in [0.15, 0.2) is 53.5 Å². The number of nitrogens with zero attached hydrogens (tertiary/aromatic N) is 2. The fourth-order valence-corrected chi connectivity index (χ4v) is 2.69. The van der Waals surface area contributed by atoms with Crippen molar-refractivity contribution in [1.29, 1.82) is 0 Å². The Bertz CT molecular complexity index is 1040. The second kappa shape index (κ2) is 6.24. The molecule has 6 nitrogen and oxygen atoms in total. The van der Waals surface area contributed by atoms with E-state index < -0.39 is 22.8 Å². The Hall–Kier alpha value is -3.41. The molecule has 1 heterocycles. The number of para-hydroxylation sites is 1. The van der Waals surface area contributed by atoms with E-state index in [0.29, 0.717) is 5.69 Å². The number of benzene rings is 2. The molecule has 126 valence electrons. The van der Waals surface area contributed by atoms with Crippen molar-refractivity contribution in [2.24, 2.45) is 0 Å². The molecule has 25 heavy (non-hydrogen) atoms. The minimum absolute atomic E-state index is 0.564. The topological polar surface area (TPSA) is 92.4 Å². The predicted octanol–water partition coefficient (Wildman–Crippen LogP) is 2.92. The number of carboxylic acids is 1. The maximum atomic E-state index is 11.7. The molecular formula is C19H16N2O4. The van der Waals surface area contributed by atoms with Crippen molar-refractivity contribution in [3.63, 3.8) is 0 Å². The zero-order chi connectivity index (χ0) is 18.1. The van der Waals surface area contributed by atoms with Crippen LogP contribution >= 0.6 is 0 Å². The number of aryl methyl sites for hydroxylation is 1. The average molecular weight is 336 g/mol. The van der Waals surface area contributed by atoms with Gasteiger partial charge in [-0.05, 0) is 36.6 Å². The summed E-state index contributed by atoms with van der Waals surface area (Å²) in [5.41, 5.74) is 2.81. The Kier molecular flexibility index (Phi) is 4.10. The van der Waals surface area contributed by atoms with Crippen LogP contribution in [0.3, 0.4) is 0 Å². The maximum absolute atomic E-state index is 11.7. The zero-order valence-corrected chi connectivity index (χ0v) is 13.7. The van der Waals surface area contributed by atoms with Crippen molar-refractivity contribution in [3.05, 3.63) is 75.7 Å². The highest BCUT2D eigenvalue weighted by atomic mass is 16.4. The van der Waals surface area contributed by atoms with Crippen LogP contribution in [-0.4, -0.2) is 26.0 Å². The average Bonchev–Trinajstić information content (AvgIpc) is 2.59. The standard InChI is InChI=1S/C19H16N2O4/c1-11-6-5-8-13(12(11)2)14-7-3-4-9-15(14)21-10-16(22)18(23)17(20-21)19(24)25/h3-10,22H,1-2H3,(H,24,25). The quantitative estimate of drug-likeness (QED) is 0.767. The van der Waals surface area contributed by atoms with E-state index >= 15 is 0 Å². The second-order valence-electron chi connectivity index (χ2n) is 5.71. The highest BCUT2D eigenvalue weighted by Crippen LogP contribution is 2.30. The van der Waals surface area contributed by atoms with Crippen LogP contribution in [0.5, 0.6) is 5.75 Å². The number of aromatic carboxylic acids is 1. The molecule has 0 bridgehead atoms. The summed E-state index contributed by atoms with van der Waals surface area (Å²) >= 11 is 0. The molecule has 1 aromatic heterocycles. The van der Waals surface area contributed by atoms with Crippen LogP contribution in [0.25, 0.3) is 16.8 Å². The van der Waals surface area contributed by atoms with Crippen molar-refractivity contribution in [2.75, 3.05) is 0 Å². The summed E-state index contributed by atoms with van der Waals surface area (Å²) in [6.45, 7) is 4.01. The normalized spacial score (nSPS) is 10.6. The summed E-state index contributed by atoms with van der Waals surface area (Å²) in [7, 11) is 0. The molecule has 0 saturated heterocycles. The van der Waals surface area contributed by atoms with Crippen LogP contribution in [-0.2, 0) is 0 Å². The molecule has 2 aromatic carbocycles. The molecule has 0 aliphatic heterocycles. The molecule has 3 aromatic rings. The van der Waals surface area contributed by atoms with Crippen molar-refractivity contribution in [2.45, 2.75) is 13.8 Å². The van der Waals surface area contributed by atoms with Gasteiger partial charge in [-0.3, -0.25) is 4.79 Å². The van der Waals surface area contributed by atoms with E-state index in [1.807, 2.05) is 44.2 Å². The van der Waals surface area contributed by atoms with Crippen LogP contribution in [0.2, 0.25) is 0 Å². The highest BCUT2D eigenvalue weighted by Gasteiger charge is 2.18. The Labute approximate surface area is 143 Å². The largest absolute Gasteiger partial charge is 0.503 e. The first-order chi connectivity index (χ1) is 11.9. The Morgan fingerprint density at radius 1 is 1.04 bits per heavy atom. The molecule has 3 rings (SSSR count). The van der Waals surface area contributed by atoms with Gasteiger partial charge in [-0.1, -0.05) is 36.4 Å². The van der Waals surface area contributed by atoms with Crippen LogP contribution in [0.1, 0.15) is 21.6 Å². The molecule has 0 fully saturated rings. The molecule has 0 atom stereocenters. The monoisotopic (exact) mass is 336 g/mol. The fraction of sp³-hybridized carbons (Fsp3) is 0.105. The number of aromatic hydroxyl groups is 1. The van der Waals surface area contributed by atoms with Crippen molar-refractivity contribution in [1.82, 2.24) is 9.78 Å². The molecule has 0 unspecified atom stereocenters. The van der Waals surface area contributed by atoms with Crippen molar-refractivity contribution >= 4 is 5.97 Å². The molecule has 0 aliphatic rings. The van der Waals surface area contributed by atoms with Gasteiger partial charge in [0.1, 0.15) is 0 Å². The SMILES string of the molecule is Cc1cccc(-c2ccccc2-n2cc(O)c(=O)c(C(=O)O)n2)c1C. The molecule has 0 saturated carbocycles. The second-order valence-corrected chi connectivity index (χ2v) is 5.71. The lowest BCUT2D eigenvalue weighted by Gasteiger charge is -2.15. The lowest BCUT2D eigenvalue weighted by Crippen LogP contribution is -2.21. The molecule has 0 aliphatic carbocycles. The van der Waals surface area contributed by atoms with Gasteiger partial charge in [-0.25, -0.2) is 9.48 Å². The molecule has 0 spiro atoms. The first kappa shape index (κ1) is 16.4. The van der Waals surface area contributed by atoms with Gasteiger partial charge < -0.3 is 10.2 Å². The first-order valence-corrected chi connectivity index (χ1v) is 7.62. The van der Waals surface area contributed by atoms with Gasteiger partial charge >= 0.3 is 5.97 Å². The van der Waals surface area contributed by atoms with Crippen LogP contribution in [0.4, 0.5) is 0 Å². The molecule has 0 amide bonds. The Morgan fingerprint density at radius 2 is 1.72 bits per heavy atom. The number of hydrogen-bond acceptors (Lipinski definition) is 4. The van der Waals surface area contributed by atoms with Crippen molar-refractivity contribution in [3.8, 4) is 22.6 Å². The fourth-order valence-electron chi connectivity index (χ4n) is 2.69. The lowest BCUT2D eigenvalue weighted by atomic mass is 9.96. The third kappa shape index (κ3) is 2.89. The summed E-state index contributed by atoms with van der Waals surface area (Å²) in [5.74, 6) is -2.15. The van der Waals surface area contributed by atoms with Gasteiger partial charge in [-0.2, -0.15) is 5.10 Å². The number of carbonyl (C=O) groups is 1. The van der Waals surface area contributed by atoms with Gasteiger partial charge in [0.15, 0.2) is 5.75 Å². The van der Waals surface area contributed by atoms with Gasteiger partial charge in [0.05, 0.1) is 11.9 Å². The third-order valence-corrected chi connectivity index (χ3v) is 4.15. The van der Waals surface area contributed by atoms with E-state index in [2.05, 4.69) is 5.10 Å². The third-order valence-electron chi connectivity index (χ3n) is 4.15. The van der Waals surface area contributed by atoms with Gasteiger partial charge in [0.2, 0.25) is 5.69 Å². The number of carboxylic acid groups (broad SMARTS) is 1. The van der Waals surface area contributed by atoms with Crippen LogP contribution in [0, 0.1) is 13.8 Å². The molecule has 6 heteroatoms. The molecular weight excluding hydrogens is 320 g/mol.